The fraction of sp³-hybridized carbons (Fsp3) is 0.148. The summed E-state index contributed by atoms with van der Waals surface area (Å²) in [5, 5.41) is 14.8. The molecular weight excluding hydrogens is 534 g/mol. The van der Waals surface area contributed by atoms with Crippen LogP contribution < -0.4 is 9.22 Å². The van der Waals surface area contributed by atoms with Crippen molar-refractivity contribution >= 4 is 37.9 Å². The van der Waals surface area contributed by atoms with E-state index >= 15 is 4.39 Å². The van der Waals surface area contributed by atoms with Crippen molar-refractivity contribution in [2.75, 3.05) is 0 Å². The number of benzene rings is 2. The topological polar surface area (TPSA) is 103 Å². The molecule has 0 aliphatic heterocycles. The number of nitrogens with zero attached hydrogens (tertiary/aromatic N) is 6. The molecule has 1 aliphatic rings. The van der Waals surface area contributed by atoms with E-state index < -0.39 is 5.82 Å². The number of hydrogen-bond acceptors (Lipinski definition) is 7. The van der Waals surface area contributed by atoms with Gasteiger partial charge in [-0.05, 0) is 0 Å². The molecule has 3 heterocycles. The third-order valence-corrected chi connectivity index (χ3v) is 6.63. The maximum absolute atomic E-state index is 15.3. The summed E-state index contributed by atoms with van der Waals surface area (Å²) in [6.07, 6.45) is 7.06. The first-order valence-corrected chi connectivity index (χ1v) is 12.5. The second-order valence-corrected chi connectivity index (χ2v) is 9.51. The van der Waals surface area contributed by atoms with Gasteiger partial charge in [0.1, 0.15) is 0 Å². The minimum absolute atomic E-state index is 0.200. The summed E-state index contributed by atoms with van der Waals surface area (Å²) < 4.78 is 29.2. The van der Waals surface area contributed by atoms with Crippen LogP contribution in [0, 0.1) is 23.1 Å². The summed E-state index contributed by atoms with van der Waals surface area (Å²) in [4.78, 5) is 12.9. The zero-order valence-corrected chi connectivity index (χ0v) is 21.3. The van der Waals surface area contributed by atoms with E-state index in [4.69, 9.17) is 9.15 Å². The summed E-state index contributed by atoms with van der Waals surface area (Å²) in [7, 11) is 0. The molecule has 180 valence electrons. The fourth-order valence-electron chi connectivity index (χ4n) is 3.98. The van der Waals surface area contributed by atoms with E-state index in [-0.39, 0.29) is 12.4 Å². The number of fused-ring (bicyclic) bond motifs is 1. The zero-order chi connectivity index (χ0) is 25.4. The van der Waals surface area contributed by atoms with Crippen LogP contribution in [0.2, 0.25) is 0 Å². The molecule has 37 heavy (non-hydrogen) atoms. The first-order valence-electron chi connectivity index (χ1n) is 11.6. The first kappa shape index (κ1) is 23.1. The fourth-order valence-corrected chi connectivity index (χ4v) is 4.52. The van der Waals surface area contributed by atoms with E-state index in [1.54, 1.807) is 35.1 Å². The van der Waals surface area contributed by atoms with E-state index in [1.807, 2.05) is 24.3 Å². The molecule has 0 saturated heterocycles. The number of ether oxygens (including phenoxy) is 1. The summed E-state index contributed by atoms with van der Waals surface area (Å²) in [5.74, 6) is 1.70. The van der Waals surface area contributed by atoms with E-state index in [0.29, 0.717) is 55.5 Å². The third kappa shape index (κ3) is 4.76. The molecule has 1 fully saturated rings. The van der Waals surface area contributed by atoms with E-state index in [1.165, 1.54) is 12.4 Å². The Morgan fingerprint density at radius 2 is 2.00 bits per heavy atom. The van der Waals surface area contributed by atoms with Gasteiger partial charge < -0.3 is 0 Å². The van der Waals surface area contributed by atoms with Gasteiger partial charge >= 0.3 is 220 Å². The Morgan fingerprint density at radius 1 is 1.16 bits per heavy atom. The molecule has 2 radical (unpaired) electrons. The van der Waals surface area contributed by atoms with Gasteiger partial charge in [-0.15, -0.1) is 0 Å². The molecule has 0 N–H and O–H groups in total. The van der Waals surface area contributed by atoms with Crippen LogP contribution in [0.5, 0.6) is 11.5 Å². The summed E-state index contributed by atoms with van der Waals surface area (Å²) in [5.41, 5.74) is 1.65. The summed E-state index contributed by atoms with van der Waals surface area (Å²) in [6, 6.07) is 16.0. The number of para-hydroxylation sites is 1. The Labute approximate surface area is 219 Å². The Bertz CT molecular complexity index is 1680. The molecule has 0 bridgehead atoms. The molecule has 3 aromatic heterocycles. The van der Waals surface area contributed by atoms with E-state index in [2.05, 4.69) is 43.0 Å². The van der Waals surface area contributed by atoms with Crippen molar-refractivity contribution in [3.05, 3.63) is 84.6 Å². The van der Waals surface area contributed by atoms with Gasteiger partial charge in [-0.1, -0.05) is 0 Å². The van der Waals surface area contributed by atoms with E-state index in [0.717, 1.165) is 12.8 Å². The van der Waals surface area contributed by atoms with Crippen LogP contribution in [0.1, 0.15) is 24.5 Å². The molecule has 1 saturated carbocycles. The van der Waals surface area contributed by atoms with Crippen molar-refractivity contribution in [1.82, 2.24) is 24.7 Å². The van der Waals surface area contributed by atoms with Gasteiger partial charge in [0.25, 0.3) is 0 Å². The molecule has 6 rings (SSSR count). The van der Waals surface area contributed by atoms with Crippen LogP contribution in [-0.4, -0.2) is 41.6 Å². The molecular formula is C27H18AsFN6O2. The molecule has 0 amide bonds. The van der Waals surface area contributed by atoms with Gasteiger partial charge in [-0.2, -0.15) is 0 Å². The first-order chi connectivity index (χ1) is 18.1. The Hall–Kier alpha value is -4.28. The van der Waals surface area contributed by atoms with Gasteiger partial charge in [-0.3, -0.25) is 0 Å². The number of oxazole rings is 1. The van der Waals surface area contributed by atoms with Crippen LogP contribution in [0.4, 0.5) is 4.39 Å². The van der Waals surface area contributed by atoms with Crippen molar-refractivity contribution < 1.29 is 13.5 Å². The number of rotatable bonds is 7. The number of aromatic nitrogens is 5. The second kappa shape index (κ2) is 9.64. The van der Waals surface area contributed by atoms with Gasteiger partial charge in [0.2, 0.25) is 0 Å². The molecule has 0 unspecified atom stereocenters. The van der Waals surface area contributed by atoms with Crippen LogP contribution in [0.25, 0.3) is 27.9 Å². The molecule has 5 aromatic rings. The Balaban J connectivity index is 1.34. The Kier molecular flexibility index (Phi) is 6.03. The van der Waals surface area contributed by atoms with Crippen LogP contribution in [-0.2, 0) is 6.54 Å². The van der Waals surface area contributed by atoms with Crippen molar-refractivity contribution in [3.63, 3.8) is 0 Å². The average Bonchev–Trinajstić information content (AvgIpc) is 3.48. The third-order valence-electron chi connectivity index (χ3n) is 5.92. The molecule has 0 spiro atoms. The minimum atomic E-state index is -0.485. The average molecular weight is 552 g/mol. The van der Waals surface area contributed by atoms with Crippen LogP contribution in [0.3, 0.4) is 0 Å². The molecule has 0 atom stereocenters. The van der Waals surface area contributed by atoms with Crippen LogP contribution in [0.15, 0.2) is 71.5 Å². The molecule has 2 aromatic carbocycles. The predicted molar refractivity (Wildman–Crippen MR) is 135 cm³/mol. The normalized spacial score (nSPS) is 13.6. The predicted octanol–water partition coefficient (Wildman–Crippen LogP) is 4.57. The summed E-state index contributed by atoms with van der Waals surface area (Å²) in [6.45, 7) is 0.200. The summed E-state index contributed by atoms with van der Waals surface area (Å²) >= 11 is 2.37. The number of halogens is 1. The zero-order valence-electron chi connectivity index (χ0n) is 19.4. The van der Waals surface area contributed by atoms with Gasteiger partial charge in [-0.25, -0.2) is 0 Å². The van der Waals surface area contributed by atoms with Crippen molar-refractivity contribution in [3.8, 4) is 28.8 Å². The van der Waals surface area contributed by atoms with Gasteiger partial charge in [0.15, 0.2) is 0 Å². The molecule has 10 heteroatoms. The monoisotopic (exact) mass is 552 g/mol. The quantitative estimate of drug-likeness (QED) is 0.215. The SMILES string of the molecule is N#C/C(=C\C1CC1)c1ncc(Cn2nc(-c3ccc(Oc4ccccc4)cc3F)c3c([As])ncnc32)o1. The number of hydrogen-bond donors (Lipinski definition) is 0. The molecule has 1 aliphatic carbocycles. The van der Waals surface area contributed by atoms with E-state index in [9.17, 15) is 5.26 Å². The van der Waals surface area contributed by atoms with Gasteiger partial charge in [0, 0.05) is 0 Å². The second-order valence-electron chi connectivity index (χ2n) is 8.62. The van der Waals surface area contributed by atoms with Gasteiger partial charge in [0.05, 0.1) is 0 Å². The van der Waals surface area contributed by atoms with Crippen molar-refractivity contribution in [1.29, 1.82) is 5.26 Å². The number of allylic oxidation sites excluding steroid dienone is 2. The van der Waals surface area contributed by atoms with Crippen LogP contribution >= 0.6 is 0 Å². The molecule has 8 nitrogen and oxygen atoms in total. The Morgan fingerprint density at radius 3 is 2.76 bits per heavy atom. The maximum atomic E-state index is 15.3. The van der Waals surface area contributed by atoms with Crippen molar-refractivity contribution in [2.24, 2.45) is 5.92 Å². The standard InChI is InChI=1S/C27H18AsFN6O2/c28-25-23-24(21-9-8-19(11-22(21)29)36-18-4-2-1-3-5-18)34-35(26(23)33-15-32-25)14-20-13-31-27(37-20)17(12-30)10-16-6-7-16/h1-5,8-11,13,15-16H,6-7,14H2/b17-10+. The van der Waals surface area contributed by atoms with Crippen molar-refractivity contribution in [2.45, 2.75) is 19.4 Å². The number of nitriles is 1.